The zero-order valence-corrected chi connectivity index (χ0v) is 22.0. The molecule has 0 bridgehead atoms. The second-order valence-electron chi connectivity index (χ2n) is 9.19. The van der Waals surface area contributed by atoms with Gasteiger partial charge in [-0.15, -0.1) is 0 Å². The number of amides is 1. The van der Waals surface area contributed by atoms with Gasteiger partial charge in [-0.1, -0.05) is 18.2 Å². The van der Waals surface area contributed by atoms with Crippen molar-refractivity contribution in [1.29, 1.82) is 0 Å². The Morgan fingerprint density at radius 3 is 2.26 bits per heavy atom. The molecule has 1 amide bonds. The number of ether oxygens (including phenoxy) is 1. The molecule has 1 aliphatic rings. The van der Waals surface area contributed by atoms with Gasteiger partial charge in [-0.3, -0.25) is 14.5 Å². The van der Waals surface area contributed by atoms with E-state index < -0.39 is 40.8 Å². The molecule has 8 heteroatoms. The molecule has 6 nitrogen and oxygen atoms in total. The molecule has 0 radical (unpaired) electrons. The van der Waals surface area contributed by atoms with Crippen LogP contribution in [0.1, 0.15) is 42.1 Å². The van der Waals surface area contributed by atoms with E-state index in [0.29, 0.717) is 11.3 Å². The van der Waals surface area contributed by atoms with Gasteiger partial charge < -0.3 is 14.7 Å². The number of hydrogen-bond donors (Lipinski definition) is 1. The highest BCUT2D eigenvalue weighted by Gasteiger charge is 2.48. The molecule has 0 saturated carbocycles. The van der Waals surface area contributed by atoms with Crippen molar-refractivity contribution in [2.45, 2.75) is 33.7 Å². The van der Waals surface area contributed by atoms with Crippen LogP contribution in [0.2, 0.25) is 0 Å². The molecule has 1 atom stereocenters. The van der Waals surface area contributed by atoms with Gasteiger partial charge in [-0.25, -0.2) is 8.78 Å². The summed E-state index contributed by atoms with van der Waals surface area (Å²) in [5.74, 6) is -3.84. The quantitative estimate of drug-likeness (QED) is 0.233. The normalized spacial score (nSPS) is 16.7. The van der Waals surface area contributed by atoms with Crippen molar-refractivity contribution in [1.82, 2.24) is 0 Å². The van der Waals surface area contributed by atoms with Crippen molar-refractivity contribution in [3.63, 3.8) is 0 Å². The lowest BCUT2D eigenvalue weighted by Gasteiger charge is -2.27. The number of carbonyl (C=O) groups is 2. The third-order valence-electron chi connectivity index (χ3n) is 6.83. The van der Waals surface area contributed by atoms with Gasteiger partial charge in [0, 0.05) is 24.8 Å². The zero-order chi connectivity index (χ0) is 27.7. The number of aryl methyl sites for hydroxylation is 2. The second kappa shape index (κ2) is 10.7. The van der Waals surface area contributed by atoms with E-state index in [4.69, 9.17) is 4.74 Å². The largest absolute Gasteiger partial charge is 0.507 e. The molecule has 3 aromatic carbocycles. The Balaban J connectivity index is 2.00. The Bertz CT molecular complexity index is 1430. The fraction of sp³-hybridized carbons (Fsp3) is 0.267. The average Bonchev–Trinajstić information content (AvgIpc) is 3.16. The minimum atomic E-state index is -1.21. The summed E-state index contributed by atoms with van der Waals surface area (Å²) in [6.45, 7) is 9.22. The molecule has 0 aromatic heterocycles. The Morgan fingerprint density at radius 2 is 1.66 bits per heavy atom. The highest BCUT2D eigenvalue weighted by atomic mass is 19.1. The third-order valence-corrected chi connectivity index (χ3v) is 6.83. The number of benzene rings is 3. The maximum absolute atomic E-state index is 15.0. The van der Waals surface area contributed by atoms with Crippen LogP contribution in [0.15, 0.2) is 60.2 Å². The van der Waals surface area contributed by atoms with E-state index in [9.17, 15) is 23.5 Å². The number of Topliss-reactive ketones (excluding diaryl/α,β-unsaturated/α-hetero) is 1. The van der Waals surface area contributed by atoms with E-state index in [1.165, 1.54) is 7.11 Å². The van der Waals surface area contributed by atoms with Gasteiger partial charge >= 0.3 is 0 Å². The summed E-state index contributed by atoms with van der Waals surface area (Å²) in [6, 6.07) is 12.1. The van der Waals surface area contributed by atoms with E-state index in [2.05, 4.69) is 4.90 Å². The molecule has 1 heterocycles. The molecule has 1 saturated heterocycles. The molecule has 4 rings (SSSR count). The van der Waals surface area contributed by atoms with E-state index in [1.807, 2.05) is 39.0 Å². The van der Waals surface area contributed by atoms with Crippen molar-refractivity contribution >= 4 is 28.8 Å². The molecule has 0 spiro atoms. The zero-order valence-electron chi connectivity index (χ0n) is 22.0. The summed E-state index contributed by atoms with van der Waals surface area (Å²) in [5.41, 5.74) is 2.49. The fourth-order valence-corrected chi connectivity index (χ4v) is 5.07. The summed E-state index contributed by atoms with van der Waals surface area (Å²) in [4.78, 5) is 29.8. The first kappa shape index (κ1) is 26.9. The molecule has 0 aliphatic carbocycles. The van der Waals surface area contributed by atoms with Crippen molar-refractivity contribution in [3.8, 4) is 5.75 Å². The van der Waals surface area contributed by atoms with Crippen LogP contribution in [-0.4, -0.2) is 37.0 Å². The monoisotopic (exact) mass is 520 g/mol. The first-order chi connectivity index (χ1) is 18.1. The minimum Gasteiger partial charge on any atom is -0.507 e. The van der Waals surface area contributed by atoms with Gasteiger partial charge in [0.1, 0.15) is 23.1 Å². The molecular formula is C30H30F2N2O4. The lowest BCUT2D eigenvalue weighted by molar-refractivity contribution is -0.132. The van der Waals surface area contributed by atoms with Crippen molar-refractivity contribution in [2.75, 3.05) is 30.0 Å². The Morgan fingerprint density at radius 1 is 1.00 bits per heavy atom. The van der Waals surface area contributed by atoms with E-state index in [0.717, 1.165) is 53.0 Å². The topological polar surface area (TPSA) is 70.1 Å². The van der Waals surface area contributed by atoms with Crippen LogP contribution in [0.3, 0.4) is 0 Å². The number of rotatable bonds is 7. The maximum atomic E-state index is 15.0. The molecule has 198 valence electrons. The second-order valence-corrected chi connectivity index (χ2v) is 9.19. The number of halogens is 2. The van der Waals surface area contributed by atoms with Crippen LogP contribution in [0, 0.1) is 25.5 Å². The number of nitrogens with zero attached hydrogens (tertiary/aromatic N) is 2. The Labute approximate surface area is 220 Å². The SMILES string of the molecule is CCN(CC)c1ccc(C2/C(=C(\O)c3cc(C)cc(C)c3OC)C(=O)C(=O)N2c2cc(F)ccc2F)cc1. The summed E-state index contributed by atoms with van der Waals surface area (Å²) >= 11 is 0. The predicted octanol–water partition coefficient (Wildman–Crippen LogP) is 6.06. The first-order valence-electron chi connectivity index (χ1n) is 12.4. The summed E-state index contributed by atoms with van der Waals surface area (Å²) in [6.07, 6.45) is 0. The first-order valence-corrected chi connectivity index (χ1v) is 12.4. The third kappa shape index (κ3) is 4.62. The highest BCUT2D eigenvalue weighted by molar-refractivity contribution is 6.51. The van der Waals surface area contributed by atoms with Crippen LogP contribution in [0.5, 0.6) is 5.75 Å². The molecule has 1 fully saturated rings. The predicted molar refractivity (Wildman–Crippen MR) is 144 cm³/mol. The number of aliphatic hydroxyl groups excluding tert-OH is 1. The van der Waals surface area contributed by atoms with Crippen LogP contribution in [0.4, 0.5) is 20.2 Å². The van der Waals surface area contributed by atoms with E-state index in [1.54, 1.807) is 25.1 Å². The molecule has 3 aromatic rings. The van der Waals surface area contributed by atoms with Gasteiger partial charge in [0.2, 0.25) is 0 Å². The smallest absolute Gasteiger partial charge is 0.300 e. The van der Waals surface area contributed by atoms with Crippen molar-refractivity contribution < 1.29 is 28.2 Å². The van der Waals surface area contributed by atoms with Crippen molar-refractivity contribution in [3.05, 3.63) is 94.1 Å². The number of carbonyl (C=O) groups excluding carboxylic acids is 2. The highest BCUT2D eigenvalue weighted by Crippen LogP contribution is 2.45. The lowest BCUT2D eigenvalue weighted by Crippen LogP contribution is -2.30. The number of methoxy groups -OCH3 is 1. The summed E-state index contributed by atoms with van der Waals surface area (Å²) in [5, 5.41) is 11.5. The van der Waals surface area contributed by atoms with E-state index >= 15 is 0 Å². The van der Waals surface area contributed by atoms with Crippen LogP contribution >= 0.6 is 0 Å². The Hall–Kier alpha value is -4.20. The van der Waals surface area contributed by atoms with Crippen LogP contribution in [-0.2, 0) is 9.59 Å². The number of anilines is 2. The van der Waals surface area contributed by atoms with Gasteiger partial charge in [0.25, 0.3) is 11.7 Å². The summed E-state index contributed by atoms with van der Waals surface area (Å²) < 4.78 is 34.7. The van der Waals surface area contributed by atoms with Crippen LogP contribution < -0.4 is 14.5 Å². The van der Waals surface area contributed by atoms with Crippen molar-refractivity contribution in [2.24, 2.45) is 0 Å². The van der Waals surface area contributed by atoms with Gasteiger partial charge in [-0.2, -0.15) is 0 Å². The Kier molecular flexibility index (Phi) is 7.53. The number of ketones is 1. The van der Waals surface area contributed by atoms with E-state index in [-0.39, 0.29) is 11.1 Å². The molecular weight excluding hydrogens is 490 g/mol. The number of hydrogen-bond acceptors (Lipinski definition) is 5. The lowest BCUT2D eigenvalue weighted by atomic mass is 9.93. The minimum absolute atomic E-state index is 0.229. The maximum Gasteiger partial charge on any atom is 0.300 e. The average molecular weight is 521 g/mol. The standard InChI is InChI=1S/C30H30F2N2O4/c1-6-33(7-2)21-11-8-19(9-12-21)26-25(27(35)22-15-17(3)14-18(4)29(22)38-5)28(36)30(37)34(26)24-16-20(31)10-13-23(24)32/h8-16,26,35H,6-7H2,1-5H3/b27-25+. The fourth-order valence-electron chi connectivity index (χ4n) is 5.07. The molecule has 1 N–H and O–H groups in total. The van der Waals surface area contributed by atoms with Crippen LogP contribution in [0.25, 0.3) is 5.76 Å². The van der Waals surface area contributed by atoms with Gasteiger partial charge in [0.05, 0.1) is 30.0 Å². The van der Waals surface area contributed by atoms with Gasteiger partial charge in [0.15, 0.2) is 0 Å². The number of aliphatic hydroxyl groups is 1. The molecule has 38 heavy (non-hydrogen) atoms. The molecule has 1 unspecified atom stereocenters. The molecule has 1 aliphatic heterocycles. The summed E-state index contributed by atoms with van der Waals surface area (Å²) in [7, 11) is 1.44. The van der Waals surface area contributed by atoms with Gasteiger partial charge in [-0.05, 0) is 74.7 Å².